The first kappa shape index (κ1) is 15.4. The van der Waals surface area contributed by atoms with Crippen LogP contribution < -0.4 is 0 Å². The van der Waals surface area contributed by atoms with Crippen LogP contribution in [0.5, 0.6) is 0 Å². The van der Waals surface area contributed by atoms with E-state index in [2.05, 4.69) is 39.1 Å². The molecule has 1 aliphatic heterocycles. The van der Waals surface area contributed by atoms with Crippen LogP contribution in [0.15, 0.2) is 41.0 Å². The molecule has 0 aliphatic carbocycles. The summed E-state index contributed by atoms with van der Waals surface area (Å²) >= 11 is 3.52. The number of carbonyl (C=O) groups is 1. The van der Waals surface area contributed by atoms with Gasteiger partial charge in [-0.05, 0) is 59.0 Å². The summed E-state index contributed by atoms with van der Waals surface area (Å²) < 4.78 is 2.86. The Labute approximate surface area is 149 Å². The zero-order valence-electron chi connectivity index (χ0n) is 13.7. The molecule has 122 valence electrons. The van der Waals surface area contributed by atoms with Crippen LogP contribution in [0.3, 0.4) is 0 Å². The van der Waals surface area contributed by atoms with Crippen LogP contribution in [0.25, 0.3) is 5.65 Å². The van der Waals surface area contributed by atoms with Gasteiger partial charge in [0.25, 0.3) is 5.91 Å². The first-order valence-corrected chi connectivity index (χ1v) is 8.85. The number of fused-ring (bicyclic) bond motifs is 2. The number of hydrogen-bond donors (Lipinski definition) is 0. The van der Waals surface area contributed by atoms with Crippen LogP contribution in [-0.4, -0.2) is 26.7 Å². The van der Waals surface area contributed by atoms with Crippen molar-refractivity contribution in [3.8, 4) is 0 Å². The summed E-state index contributed by atoms with van der Waals surface area (Å²) in [7, 11) is 0. The average molecular weight is 384 g/mol. The second-order valence-corrected chi connectivity index (χ2v) is 7.24. The van der Waals surface area contributed by atoms with Gasteiger partial charge < -0.3 is 4.90 Å². The summed E-state index contributed by atoms with van der Waals surface area (Å²) in [4.78, 5) is 19.7. The van der Waals surface area contributed by atoms with E-state index < -0.39 is 0 Å². The van der Waals surface area contributed by atoms with E-state index in [1.165, 1.54) is 11.1 Å². The number of rotatable bonds is 1. The molecule has 1 aliphatic rings. The lowest BCUT2D eigenvalue weighted by Gasteiger charge is -2.28. The van der Waals surface area contributed by atoms with Crippen molar-refractivity contribution >= 4 is 27.5 Å². The minimum absolute atomic E-state index is 0.0482. The molecule has 2 aromatic heterocycles. The van der Waals surface area contributed by atoms with E-state index in [0.717, 1.165) is 34.3 Å². The highest BCUT2D eigenvalue weighted by molar-refractivity contribution is 9.10. The number of imidazole rings is 1. The van der Waals surface area contributed by atoms with Crippen LogP contribution in [0.2, 0.25) is 0 Å². The van der Waals surface area contributed by atoms with E-state index in [0.29, 0.717) is 12.2 Å². The summed E-state index contributed by atoms with van der Waals surface area (Å²) in [5.41, 5.74) is 5.91. The van der Waals surface area contributed by atoms with E-state index >= 15 is 0 Å². The van der Waals surface area contributed by atoms with Crippen molar-refractivity contribution in [3.63, 3.8) is 0 Å². The topological polar surface area (TPSA) is 37.6 Å². The second kappa shape index (κ2) is 5.74. The maximum Gasteiger partial charge on any atom is 0.273 e. The van der Waals surface area contributed by atoms with Crippen molar-refractivity contribution in [1.29, 1.82) is 0 Å². The van der Waals surface area contributed by atoms with Crippen LogP contribution in [0.4, 0.5) is 0 Å². The number of benzene rings is 1. The Morgan fingerprint density at radius 1 is 1.21 bits per heavy atom. The molecule has 0 unspecified atom stereocenters. The molecule has 0 N–H and O–H groups in total. The molecule has 0 fully saturated rings. The third-order valence-corrected chi connectivity index (χ3v) is 5.10. The summed E-state index contributed by atoms with van der Waals surface area (Å²) in [5, 5.41) is 0. The number of halogens is 1. The molecule has 1 aromatic carbocycles. The molecule has 0 radical (unpaired) electrons. The van der Waals surface area contributed by atoms with Gasteiger partial charge in [0.2, 0.25) is 0 Å². The lowest BCUT2D eigenvalue weighted by Crippen LogP contribution is -2.36. The van der Waals surface area contributed by atoms with E-state index in [4.69, 9.17) is 0 Å². The molecule has 3 aromatic rings. The maximum atomic E-state index is 13.2. The lowest BCUT2D eigenvalue weighted by atomic mass is 9.99. The standard InChI is InChI=1S/C19H18BrN3O/c1-12-9-16(20)11-23-17(13(2)21-18(12)23)19(24)22-8-7-14-5-3-4-6-15(14)10-22/h3-6,9,11H,7-8,10H2,1-2H3. The Kier molecular flexibility index (Phi) is 3.68. The fourth-order valence-corrected chi connectivity index (χ4v) is 4.01. The zero-order chi connectivity index (χ0) is 16.8. The number of carbonyl (C=O) groups excluding carboxylic acids is 1. The van der Waals surface area contributed by atoms with Crippen molar-refractivity contribution in [2.75, 3.05) is 6.54 Å². The van der Waals surface area contributed by atoms with Crippen molar-refractivity contribution in [2.45, 2.75) is 26.8 Å². The normalized spacial score (nSPS) is 14.0. The van der Waals surface area contributed by atoms with E-state index in [-0.39, 0.29) is 5.91 Å². The molecule has 1 amide bonds. The average Bonchev–Trinajstić information content (AvgIpc) is 2.90. The molecule has 0 saturated heterocycles. The Hall–Kier alpha value is -2.14. The third-order valence-electron chi connectivity index (χ3n) is 4.67. The molecule has 0 spiro atoms. The molecule has 4 nitrogen and oxygen atoms in total. The summed E-state index contributed by atoms with van der Waals surface area (Å²) in [6.07, 6.45) is 2.83. The largest absolute Gasteiger partial charge is 0.333 e. The Balaban J connectivity index is 1.76. The van der Waals surface area contributed by atoms with Gasteiger partial charge in [0.1, 0.15) is 11.3 Å². The SMILES string of the molecule is Cc1nc2c(C)cc(Br)cn2c1C(=O)N1CCc2ccccc2C1. The van der Waals surface area contributed by atoms with Gasteiger partial charge in [0, 0.05) is 23.8 Å². The van der Waals surface area contributed by atoms with Crippen molar-refractivity contribution < 1.29 is 4.79 Å². The minimum Gasteiger partial charge on any atom is -0.333 e. The molecule has 0 bridgehead atoms. The van der Waals surface area contributed by atoms with Gasteiger partial charge in [-0.3, -0.25) is 9.20 Å². The minimum atomic E-state index is 0.0482. The fourth-order valence-electron chi connectivity index (χ4n) is 3.46. The van der Waals surface area contributed by atoms with E-state index in [9.17, 15) is 4.79 Å². The first-order valence-electron chi connectivity index (χ1n) is 8.05. The molecular weight excluding hydrogens is 366 g/mol. The number of nitrogens with zero attached hydrogens (tertiary/aromatic N) is 3. The number of amides is 1. The molecule has 5 heteroatoms. The van der Waals surface area contributed by atoms with Crippen LogP contribution >= 0.6 is 15.9 Å². The fraction of sp³-hybridized carbons (Fsp3) is 0.263. The zero-order valence-corrected chi connectivity index (χ0v) is 15.3. The number of pyridine rings is 1. The Morgan fingerprint density at radius 2 is 1.96 bits per heavy atom. The summed E-state index contributed by atoms with van der Waals surface area (Å²) in [6, 6.07) is 10.4. The smallest absolute Gasteiger partial charge is 0.273 e. The van der Waals surface area contributed by atoms with Gasteiger partial charge in [0.15, 0.2) is 0 Å². The second-order valence-electron chi connectivity index (χ2n) is 6.33. The van der Waals surface area contributed by atoms with Gasteiger partial charge >= 0.3 is 0 Å². The molecule has 0 atom stereocenters. The van der Waals surface area contributed by atoms with Crippen LogP contribution in [-0.2, 0) is 13.0 Å². The lowest BCUT2D eigenvalue weighted by molar-refractivity contribution is 0.0727. The molecule has 3 heterocycles. The van der Waals surface area contributed by atoms with Crippen molar-refractivity contribution in [1.82, 2.24) is 14.3 Å². The quantitative estimate of drug-likeness (QED) is 0.638. The number of hydrogen-bond acceptors (Lipinski definition) is 2. The van der Waals surface area contributed by atoms with Gasteiger partial charge in [-0.25, -0.2) is 4.98 Å². The monoisotopic (exact) mass is 383 g/mol. The number of aromatic nitrogens is 2. The van der Waals surface area contributed by atoms with Crippen LogP contribution in [0, 0.1) is 13.8 Å². The van der Waals surface area contributed by atoms with E-state index in [1.54, 1.807) is 0 Å². The number of aryl methyl sites for hydroxylation is 2. The van der Waals surface area contributed by atoms with Crippen molar-refractivity contribution in [3.05, 3.63) is 69.1 Å². The summed E-state index contributed by atoms with van der Waals surface area (Å²) in [6.45, 7) is 5.33. The Bertz CT molecular complexity index is 961. The first-order chi connectivity index (χ1) is 11.5. The van der Waals surface area contributed by atoms with Gasteiger partial charge in [-0.1, -0.05) is 24.3 Å². The highest BCUT2D eigenvalue weighted by atomic mass is 79.9. The van der Waals surface area contributed by atoms with Crippen molar-refractivity contribution in [2.24, 2.45) is 0 Å². The molecule has 0 saturated carbocycles. The van der Waals surface area contributed by atoms with Gasteiger partial charge in [-0.2, -0.15) is 0 Å². The Morgan fingerprint density at radius 3 is 2.75 bits per heavy atom. The molecule has 24 heavy (non-hydrogen) atoms. The highest BCUT2D eigenvalue weighted by Crippen LogP contribution is 2.24. The van der Waals surface area contributed by atoms with E-state index in [1.807, 2.05) is 41.5 Å². The third kappa shape index (κ3) is 2.44. The predicted octanol–water partition coefficient (Wildman–Crippen LogP) is 3.91. The van der Waals surface area contributed by atoms with Gasteiger partial charge in [0.05, 0.1) is 5.69 Å². The predicted molar refractivity (Wildman–Crippen MR) is 97.3 cm³/mol. The summed E-state index contributed by atoms with van der Waals surface area (Å²) in [5.74, 6) is 0.0482. The molecule has 4 rings (SSSR count). The highest BCUT2D eigenvalue weighted by Gasteiger charge is 2.26. The maximum absolute atomic E-state index is 13.2. The van der Waals surface area contributed by atoms with Crippen LogP contribution in [0.1, 0.15) is 32.9 Å². The molecular formula is C19H18BrN3O. The van der Waals surface area contributed by atoms with Gasteiger partial charge in [-0.15, -0.1) is 0 Å².